The van der Waals surface area contributed by atoms with Gasteiger partial charge in [0.2, 0.25) is 0 Å². The Hall–Kier alpha value is -3.53. The maximum atomic E-state index is 13.4. The van der Waals surface area contributed by atoms with E-state index >= 15 is 0 Å². The molecule has 1 aliphatic rings. The molecule has 6 nitrogen and oxygen atoms in total. The van der Waals surface area contributed by atoms with Gasteiger partial charge in [0.1, 0.15) is 6.54 Å². The number of nitrogens with one attached hydrogen (secondary N) is 2. The van der Waals surface area contributed by atoms with E-state index in [2.05, 4.69) is 45.4 Å². The third-order valence-corrected chi connectivity index (χ3v) is 7.21. The number of benzene rings is 1. The summed E-state index contributed by atoms with van der Waals surface area (Å²) in [5.41, 5.74) is 2.58. The van der Waals surface area contributed by atoms with Crippen LogP contribution in [0, 0.1) is 23.2 Å². The summed E-state index contributed by atoms with van der Waals surface area (Å²) in [6, 6.07) is 13.6. The number of aromatic nitrogens is 2. The van der Waals surface area contributed by atoms with Crippen LogP contribution in [0.5, 0.6) is 0 Å². The molecule has 0 saturated carbocycles. The Kier molecular flexibility index (Phi) is 8.84. The van der Waals surface area contributed by atoms with Crippen LogP contribution in [-0.4, -0.2) is 52.8 Å². The lowest BCUT2D eigenvalue weighted by Gasteiger charge is -2.31. The van der Waals surface area contributed by atoms with Crippen molar-refractivity contribution in [2.75, 3.05) is 31.5 Å². The molecule has 1 fully saturated rings. The maximum Gasteiger partial charge on any atom is 0.406 e. The van der Waals surface area contributed by atoms with Gasteiger partial charge < -0.3 is 20.1 Å². The Morgan fingerprint density at radius 1 is 1.10 bits per heavy atom. The number of likely N-dealkylation sites (tertiary alicyclic amines) is 1. The summed E-state index contributed by atoms with van der Waals surface area (Å²) in [7, 11) is 0. The molecule has 0 unspecified atom stereocenters. The highest BCUT2D eigenvalue weighted by atomic mass is 19.4. The molecule has 0 spiro atoms. The number of nitrogens with zero attached hydrogens (tertiary/aromatic N) is 4. The molecular formula is C30H35F3N6. The third kappa shape index (κ3) is 7.53. The standard InChI is InChI=1S/C30H35F3N6/c1-4-38-14-11-24(12-15-38)36-18-22-7-9-27-23(16-22)17-26(39(27)21-30(31,32)33)6-5-13-35-25-8-10-28(37-19-25)29(2,3)20-34/h7-10,16-17,19,24,35-36H,4,11-15,18,21H2,1-3H3. The van der Waals surface area contributed by atoms with Crippen LogP contribution < -0.4 is 10.6 Å². The van der Waals surface area contributed by atoms with Crippen molar-refractivity contribution in [3.05, 3.63) is 59.5 Å². The Morgan fingerprint density at radius 3 is 2.51 bits per heavy atom. The molecule has 1 saturated heterocycles. The molecule has 2 N–H and O–H groups in total. The van der Waals surface area contributed by atoms with Crippen LogP contribution in [0.25, 0.3) is 10.9 Å². The van der Waals surface area contributed by atoms with E-state index in [4.69, 9.17) is 0 Å². The first-order valence-corrected chi connectivity index (χ1v) is 13.3. The van der Waals surface area contributed by atoms with E-state index in [0.717, 1.165) is 49.1 Å². The fraction of sp³-hybridized carbons (Fsp3) is 0.467. The molecule has 3 heterocycles. The number of nitriles is 1. The van der Waals surface area contributed by atoms with Gasteiger partial charge in [-0.05, 0) is 88.1 Å². The van der Waals surface area contributed by atoms with Crippen LogP contribution >= 0.6 is 0 Å². The van der Waals surface area contributed by atoms with Gasteiger partial charge in [-0.2, -0.15) is 18.4 Å². The quantitative estimate of drug-likeness (QED) is 0.376. The zero-order chi connectivity index (χ0) is 28.0. The van der Waals surface area contributed by atoms with Crippen molar-refractivity contribution >= 4 is 16.6 Å². The van der Waals surface area contributed by atoms with Crippen LogP contribution in [0.2, 0.25) is 0 Å². The Labute approximate surface area is 228 Å². The summed E-state index contributed by atoms with van der Waals surface area (Å²) in [5.74, 6) is 5.86. The predicted octanol–water partition coefficient (Wildman–Crippen LogP) is 5.44. The monoisotopic (exact) mass is 536 g/mol. The predicted molar refractivity (Wildman–Crippen MR) is 148 cm³/mol. The van der Waals surface area contributed by atoms with Crippen LogP contribution in [0.1, 0.15) is 50.6 Å². The van der Waals surface area contributed by atoms with E-state index in [1.165, 1.54) is 4.57 Å². The lowest BCUT2D eigenvalue weighted by Crippen LogP contribution is -2.42. The van der Waals surface area contributed by atoms with Crippen molar-refractivity contribution in [1.82, 2.24) is 19.8 Å². The minimum absolute atomic E-state index is 0.238. The van der Waals surface area contributed by atoms with Gasteiger partial charge in [-0.25, -0.2) is 0 Å². The number of pyridine rings is 1. The second kappa shape index (κ2) is 12.1. The molecule has 0 amide bonds. The number of hydrogen-bond donors (Lipinski definition) is 2. The molecule has 0 bridgehead atoms. The summed E-state index contributed by atoms with van der Waals surface area (Å²) in [6.45, 7) is 8.85. The van der Waals surface area contributed by atoms with E-state index in [1.807, 2.05) is 18.2 Å². The van der Waals surface area contributed by atoms with Crippen molar-refractivity contribution in [1.29, 1.82) is 5.26 Å². The van der Waals surface area contributed by atoms with E-state index in [0.29, 0.717) is 29.5 Å². The van der Waals surface area contributed by atoms with Crippen LogP contribution in [0.15, 0.2) is 42.6 Å². The minimum atomic E-state index is -4.36. The van der Waals surface area contributed by atoms with Crippen LogP contribution in [0.4, 0.5) is 18.9 Å². The molecule has 4 rings (SSSR count). The molecule has 39 heavy (non-hydrogen) atoms. The normalized spacial score (nSPS) is 15.1. The van der Waals surface area contributed by atoms with E-state index in [-0.39, 0.29) is 6.54 Å². The zero-order valence-corrected chi connectivity index (χ0v) is 22.7. The van der Waals surface area contributed by atoms with Gasteiger partial charge >= 0.3 is 6.18 Å². The number of halogens is 3. The number of alkyl halides is 3. The SMILES string of the molecule is CCN1CCC(NCc2ccc3c(c2)cc(C#CCNc2ccc(C(C)(C)C#N)nc2)n3CC(F)(F)F)CC1. The van der Waals surface area contributed by atoms with E-state index < -0.39 is 18.1 Å². The molecule has 1 aromatic carbocycles. The molecule has 1 aliphatic heterocycles. The van der Waals surface area contributed by atoms with Crippen molar-refractivity contribution in [3.8, 4) is 17.9 Å². The minimum Gasteiger partial charge on any atom is -0.373 e. The molecule has 0 atom stereocenters. The fourth-order valence-corrected chi connectivity index (χ4v) is 4.81. The number of piperidine rings is 1. The number of hydrogen-bond acceptors (Lipinski definition) is 5. The average molecular weight is 537 g/mol. The average Bonchev–Trinajstić information content (AvgIpc) is 3.25. The second-order valence-electron chi connectivity index (χ2n) is 10.5. The van der Waals surface area contributed by atoms with Crippen molar-refractivity contribution in [3.63, 3.8) is 0 Å². The lowest BCUT2D eigenvalue weighted by atomic mass is 9.91. The third-order valence-electron chi connectivity index (χ3n) is 7.21. The molecule has 0 aliphatic carbocycles. The molecule has 9 heteroatoms. The second-order valence-corrected chi connectivity index (χ2v) is 10.5. The Morgan fingerprint density at radius 2 is 1.87 bits per heavy atom. The maximum absolute atomic E-state index is 13.4. The topological polar surface area (TPSA) is 68.9 Å². The summed E-state index contributed by atoms with van der Waals surface area (Å²) in [5, 5.41) is 16.7. The Bertz CT molecular complexity index is 1360. The summed E-state index contributed by atoms with van der Waals surface area (Å²) < 4.78 is 41.5. The van der Waals surface area contributed by atoms with Crippen molar-refractivity contribution in [2.24, 2.45) is 0 Å². The molecule has 0 radical (unpaired) electrons. The van der Waals surface area contributed by atoms with Crippen molar-refractivity contribution < 1.29 is 13.2 Å². The largest absolute Gasteiger partial charge is 0.406 e. The van der Waals surface area contributed by atoms with Gasteiger partial charge in [0.15, 0.2) is 0 Å². The molecule has 206 valence electrons. The highest BCUT2D eigenvalue weighted by molar-refractivity contribution is 5.83. The van der Waals surface area contributed by atoms with E-state index in [9.17, 15) is 18.4 Å². The molecule has 3 aromatic rings. The summed E-state index contributed by atoms with van der Waals surface area (Å²) >= 11 is 0. The van der Waals surface area contributed by atoms with Gasteiger partial charge in [-0.15, -0.1) is 0 Å². The summed E-state index contributed by atoms with van der Waals surface area (Å²) in [6.07, 6.45) is -0.536. The van der Waals surface area contributed by atoms with Gasteiger partial charge in [0, 0.05) is 23.5 Å². The first-order valence-electron chi connectivity index (χ1n) is 13.3. The smallest absolute Gasteiger partial charge is 0.373 e. The molecule has 2 aromatic heterocycles. The van der Waals surface area contributed by atoms with Crippen LogP contribution in [0.3, 0.4) is 0 Å². The fourth-order valence-electron chi connectivity index (χ4n) is 4.81. The first-order chi connectivity index (χ1) is 18.6. The highest BCUT2D eigenvalue weighted by Gasteiger charge is 2.29. The van der Waals surface area contributed by atoms with E-state index in [1.54, 1.807) is 38.2 Å². The summed E-state index contributed by atoms with van der Waals surface area (Å²) in [4.78, 5) is 6.77. The first kappa shape index (κ1) is 28.5. The zero-order valence-electron chi connectivity index (χ0n) is 22.7. The number of anilines is 1. The van der Waals surface area contributed by atoms with Gasteiger partial charge in [0.05, 0.1) is 41.3 Å². The van der Waals surface area contributed by atoms with Gasteiger partial charge in [-0.1, -0.05) is 18.9 Å². The lowest BCUT2D eigenvalue weighted by molar-refractivity contribution is -0.140. The number of rotatable bonds is 8. The van der Waals surface area contributed by atoms with Crippen LogP contribution in [-0.2, 0) is 18.5 Å². The van der Waals surface area contributed by atoms with Gasteiger partial charge in [-0.3, -0.25) is 4.98 Å². The number of fused-ring (bicyclic) bond motifs is 1. The van der Waals surface area contributed by atoms with Crippen molar-refractivity contribution in [2.45, 2.75) is 64.3 Å². The molecular weight excluding hydrogens is 501 g/mol. The van der Waals surface area contributed by atoms with Gasteiger partial charge in [0.25, 0.3) is 0 Å². The highest BCUT2D eigenvalue weighted by Crippen LogP contribution is 2.27. The Balaban J connectivity index is 1.45.